The quantitative estimate of drug-likeness (QED) is 0.352. The second kappa shape index (κ2) is 5.12. The molecule has 0 spiro atoms. The molecule has 0 amide bonds. The summed E-state index contributed by atoms with van der Waals surface area (Å²) in [5.41, 5.74) is 0. The van der Waals surface area contributed by atoms with Crippen molar-refractivity contribution in [2.24, 2.45) is 5.90 Å². The Morgan fingerprint density at radius 2 is 2.33 bits per heavy atom. The largest absolute Gasteiger partial charge is 0.412 e. The molecule has 0 aliphatic rings. The lowest BCUT2D eigenvalue weighted by molar-refractivity contribution is 0.234. The van der Waals surface area contributed by atoms with Gasteiger partial charge >= 0.3 is 0 Å². The van der Waals surface area contributed by atoms with E-state index in [-0.39, 0.29) is 0 Å². The first-order valence-corrected chi connectivity index (χ1v) is 2.67. The zero-order valence-electron chi connectivity index (χ0n) is 5.50. The highest BCUT2D eigenvalue weighted by atomic mass is 16.6. The summed E-state index contributed by atoms with van der Waals surface area (Å²) in [5.74, 6) is 5.48. The van der Waals surface area contributed by atoms with E-state index < -0.39 is 0 Å². The van der Waals surface area contributed by atoms with Crippen LogP contribution in [0.5, 0.6) is 0 Å². The number of nitrogens with two attached hydrogens (primary N) is 1. The molecule has 0 fully saturated rings. The van der Waals surface area contributed by atoms with E-state index in [1.54, 1.807) is 18.2 Å². The number of hydrogen-bond acceptors (Lipinski definition) is 2. The smallest absolute Gasteiger partial charge is 0.146 e. The molecule has 2 nitrogen and oxygen atoms in total. The van der Waals surface area contributed by atoms with Crippen LogP contribution in [0.25, 0.3) is 0 Å². The van der Waals surface area contributed by atoms with Crippen LogP contribution in [0.2, 0.25) is 0 Å². The van der Waals surface area contributed by atoms with E-state index in [0.29, 0.717) is 5.76 Å². The highest BCUT2D eigenvalue weighted by Crippen LogP contribution is 1.94. The van der Waals surface area contributed by atoms with Crippen molar-refractivity contribution < 1.29 is 4.84 Å². The first-order chi connectivity index (χ1) is 4.35. The molecule has 0 bridgehead atoms. The lowest BCUT2D eigenvalue weighted by atomic mass is 10.4. The van der Waals surface area contributed by atoms with Crippen molar-refractivity contribution in [2.75, 3.05) is 0 Å². The van der Waals surface area contributed by atoms with Crippen molar-refractivity contribution in [1.82, 2.24) is 0 Å². The SMILES string of the molecule is C=C/C=C(\C=C/C)ON. The standard InChI is InChI=1S/C7H11NO/c1-3-5-7(9-8)6-4-2/h3-6H,1,8H2,2H3/b6-4-,7-5+. The van der Waals surface area contributed by atoms with Crippen LogP contribution < -0.4 is 5.90 Å². The minimum absolute atomic E-state index is 0.604. The molecule has 0 heterocycles. The summed E-state index contributed by atoms with van der Waals surface area (Å²) in [6.45, 7) is 5.37. The van der Waals surface area contributed by atoms with E-state index in [4.69, 9.17) is 5.90 Å². The van der Waals surface area contributed by atoms with Crippen LogP contribution in [-0.4, -0.2) is 0 Å². The molecule has 50 valence electrons. The molecule has 0 aromatic heterocycles. The predicted molar refractivity (Wildman–Crippen MR) is 38.4 cm³/mol. The van der Waals surface area contributed by atoms with Crippen LogP contribution in [0.1, 0.15) is 6.92 Å². The molecular weight excluding hydrogens is 114 g/mol. The fraction of sp³-hybridized carbons (Fsp3) is 0.143. The Kier molecular flexibility index (Phi) is 4.54. The lowest BCUT2D eigenvalue weighted by Crippen LogP contribution is -1.95. The van der Waals surface area contributed by atoms with Crippen molar-refractivity contribution in [3.05, 3.63) is 36.6 Å². The third kappa shape index (κ3) is 3.55. The minimum Gasteiger partial charge on any atom is -0.412 e. The first kappa shape index (κ1) is 7.98. The molecule has 0 aromatic rings. The summed E-state index contributed by atoms with van der Waals surface area (Å²) in [5, 5.41) is 0. The van der Waals surface area contributed by atoms with Crippen LogP contribution in [0, 0.1) is 0 Å². The van der Waals surface area contributed by atoms with Gasteiger partial charge in [-0.3, -0.25) is 0 Å². The Morgan fingerprint density at radius 1 is 1.67 bits per heavy atom. The molecule has 2 N–H and O–H groups in total. The molecule has 9 heavy (non-hydrogen) atoms. The van der Waals surface area contributed by atoms with E-state index in [1.807, 2.05) is 13.0 Å². The third-order valence-corrected chi connectivity index (χ3v) is 0.749. The van der Waals surface area contributed by atoms with Crippen LogP contribution in [0.4, 0.5) is 0 Å². The van der Waals surface area contributed by atoms with Crippen LogP contribution in [0.15, 0.2) is 36.6 Å². The van der Waals surface area contributed by atoms with E-state index in [2.05, 4.69) is 11.4 Å². The highest BCUT2D eigenvalue weighted by molar-refractivity contribution is 5.15. The van der Waals surface area contributed by atoms with Gasteiger partial charge in [-0.25, -0.2) is 0 Å². The van der Waals surface area contributed by atoms with Gasteiger partial charge in [0.25, 0.3) is 0 Å². The Hall–Kier alpha value is -1.02. The predicted octanol–water partition coefficient (Wildman–Crippen LogP) is 1.52. The zero-order valence-corrected chi connectivity index (χ0v) is 5.50. The minimum atomic E-state index is 0.604. The summed E-state index contributed by atoms with van der Waals surface area (Å²) >= 11 is 0. The van der Waals surface area contributed by atoms with Gasteiger partial charge in [-0.1, -0.05) is 18.7 Å². The Morgan fingerprint density at radius 3 is 2.67 bits per heavy atom. The lowest BCUT2D eigenvalue weighted by Gasteiger charge is -1.93. The molecule has 0 unspecified atom stereocenters. The Bertz CT molecular complexity index is 136. The summed E-state index contributed by atoms with van der Waals surface area (Å²) in [7, 11) is 0. The molecule has 0 aliphatic carbocycles. The Balaban J connectivity index is 3.96. The molecule has 0 atom stereocenters. The van der Waals surface area contributed by atoms with Gasteiger partial charge in [0.2, 0.25) is 0 Å². The number of rotatable bonds is 3. The van der Waals surface area contributed by atoms with Gasteiger partial charge in [-0.15, -0.1) is 0 Å². The van der Waals surface area contributed by atoms with Gasteiger partial charge in [-0.2, -0.15) is 5.90 Å². The summed E-state index contributed by atoms with van der Waals surface area (Å²) in [6.07, 6.45) is 6.88. The van der Waals surface area contributed by atoms with Crippen molar-refractivity contribution in [1.29, 1.82) is 0 Å². The van der Waals surface area contributed by atoms with Gasteiger partial charge < -0.3 is 4.84 Å². The van der Waals surface area contributed by atoms with Crippen LogP contribution >= 0.6 is 0 Å². The third-order valence-electron chi connectivity index (χ3n) is 0.749. The molecule has 0 rings (SSSR count). The second-order valence-corrected chi connectivity index (χ2v) is 1.42. The molecule has 0 radical (unpaired) electrons. The summed E-state index contributed by atoms with van der Waals surface area (Å²) in [4.78, 5) is 4.43. The number of allylic oxidation sites excluding steroid dienone is 4. The second-order valence-electron chi connectivity index (χ2n) is 1.42. The normalized spacial score (nSPS) is 12.0. The van der Waals surface area contributed by atoms with Crippen molar-refractivity contribution >= 4 is 0 Å². The first-order valence-electron chi connectivity index (χ1n) is 2.67. The van der Waals surface area contributed by atoms with Gasteiger partial charge in [0.15, 0.2) is 0 Å². The van der Waals surface area contributed by atoms with Crippen LogP contribution in [0.3, 0.4) is 0 Å². The van der Waals surface area contributed by atoms with Gasteiger partial charge in [0, 0.05) is 0 Å². The monoisotopic (exact) mass is 125 g/mol. The van der Waals surface area contributed by atoms with E-state index in [9.17, 15) is 0 Å². The molecule has 0 saturated heterocycles. The maximum atomic E-state index is 4.88. The average molecular weight is 125 g/mol. The topological polar surface area (TPSA) is 35.2 Å². The molecule has 0 saturated carbocycles. The van der Waals surface area contributed by atoms with E-state index in [1.165, 1.54) is 0 Å². The average Bonchev–Trinajstić information content (AvgIpc) is 1.88. The van der Waals surface area contributed by atoms with Gasteiger partial charge in [0.05, 0.1) is 0 Å². The van der Waals surface area contributed by atoms with Crippen LogP contribution in [-0.2, 0) is 4.84 Å². The van der Waals surface area contributed by atoms with Gasteiger partial charge in [-0.05, 0) is 19.1 Å². The highest BCUT2D eigenvalue weighted by Gasteiger charge is 1.82. The number of hydrogen-bond donors (Lipinski definition) is 1. The van der Waals surface area contributed by atoms with Crippen molar-refractivity contribution in [2.45, 2.75) is 6.92 Å². The Labute approximate surface area is 55.3 Å². The summed E-state index contributed by atoms with van der Waals surface area (Å²) < 4.78 is 0. The van der Waals surface area contributed by atoms with E-state index in [0.717, 1.165) is 0 Å². The maximum Gasteiger partial charge on any atom is 0.146 e. The molecule has 0 aromatic carbocycles. The van der Waals surface area contributed by atoms with Crippen molar-refractivity contribution in [3.8, 4) is 0 Å². The van der Waals surface area contributed by atoms with E-state index >= 15 is 0 Å². The molecule has 2 heteroatoms. The molecular formula is C7H11NO. The zero-order chi connectivity index (χ0) is 7.11. The van der Waals surface area contributed by atoms with Crippen molar-refractivity contribution in [3.63, 3.8) is 0 Å². The van der Waals surface area contributed by atoms with Gasteiger partial charge in [0.1, 0.15) is 5.76 Å². The summed E-state index contributed by atoms with van der Waals surface area (Å²) in [6, 6.07) is 0. The molecule has 0 aliphatic heterocycles. The fourth-order valence-electron chi connectivity index (χ4n) is 0.415. The maximum absolute atomic E-state index is 4.88. The fourth-order valence-corrected chi connectivity index (χ4v) is 0.415.